The second-order valence-corrected chi connectivity index (χ2v) is 5.24. The molecule has 1 fully saturated rings. The van der Waals surface area contributed by atoms with Crippen molar-refractivity contribution in [1.82, 2.24) is 5.16 Å². The van der Waals surface area contributed by atoms with E-state index in [1.165, 1.54) is 0 Å². The van der Waals surface area contributed by atoms with E-state index in [-0.39, 0.29) is 11.3 Å². The second kappa shape index (κ2) is 4.44. The van der Waals surface area contributed by atoms with Gasteiger partial charge in [-0.1, -0.05) is 29.4 Å². The molecule has 1 aliphatic carbocycles. The molecule has 6 nitrogen and oxygen atoms in total. The molecule has 0 unspecified atom stereocenters. The van der Waals surface area contributed by atoms with Crippen LogP contribution in [0.25, 0.3) is 11.3 Å². The molecule has 1 saturated carbocycles. The summed E-state index contributed by atoms with van der Waals surface area (Å²) in [5, 5.41) is 22.1. The van der Waals surface area contributed by atoms with Crippen molar-refractivity contribution in [1.29, 1.82) is 0 Å². The van der Waals surface area contributed by atoms with Crippen molar-refractivity contribution in [3.05, 3.63) is 41.1 Å². The number of hydrogen-bond donors (Lipinski definition) is 2. The molecule has 0 spiro atoms. The Morgan fingerprint density at radius 1 is 1.19 bits per heavy atom. The van der Waals surface area contributed by atoms with E-state index in [1.54, 1.807) is 31.2 Å². The van der Waals surface area contributed by atoms with Gasteiger partial charge in [0.2, 0.25) is 0 Å². The molecule has 0 aliphatic heterocycles. The van der Waals surface area contributed by atoms with E-state index in [2.05, 4.69) is 5.16 Å². The summed E-state index contributed by atoms with van der Waals surface area (Å²) >= 11 is 0. The van der Waals surface area contributed by atoms with Crippen LogP contribution in [0.4, 0.5) is 0 Å². The molecular formula is C15H13NO5. The minimum Gasteiger partial charge on any atom is -0.481 e. The predicted octanol–water partition coefficient (Wildman–Crippen LogP) is 2.46. The van der Waals surface area contributed by atoms with Gasteiger partial charge < -0.3 is 14.7 Å². The molecule has 3 rings (SSSR count). The van der Waals surface area contributed by atoms with Gasteiger partial charge in [0.05, 0.1) is 11.1 Å². The summed E-state index contributed by atoms with van der Waals surface area (Å²) in [4.78, 5) is 22.5. The smallest absolute Gasteiger partial charge is 0.341 e. The number of aryl methyl sites for hydroxylation is 1. The summed E-state index contributed by atoms with van der Waals surface area (Å²) in [6.45, 7) is 1.56. The number of benzene rings is 1. The minimum atomic E-state index is -1.10. The topological polar surface area (TPSA) is 101 Å². The van der Waals surface area contributed by atoms with Crippen LogP contribution in [-0.4, -0.2) is 27.3 Å². The highest BCUT2D eigenvalue weighted by atomic mass is 16.5. The van der Waals surface area contributed by atoms with Gasteiger partial charge in [-0.25, -0.2) is 4.79 Å². The van der Waals surface area contributed by atoms with E-state index in [1.807, 2.05) is 0 Å². The van der Waals surface area contributed by atoms with Gasteiger partial charge in [-0.05, 0) is 25.3 Å². The Kier molecular flexibility index (Phi) is 2.83. The first-order chi connectivity index (χ1) is 9.95. The number of carboxylic acids is 2. The fourth-order valence-corrected chi connectivity index (χ4v) is 2.51. The number of carbonyl (C=O) groups is 2. The quantitative estimate of drug-likeness (QED) is 0.895. The Morgan fingerprint density at radius 2 is 1.81 bits per heavy atom. The zero-order chi connectivity index (χ0) is 15.2. The fraction of sp³-hybridized carbons (Fsp3) is 0.267. The van der Waals surface area contributed by atoms with Crippen molar-refractivity contribution < 1.29 is 24.3 Å². The molecule has 1 aromatic carbocycles. The molecule has 0 amide bonds. The van der Waals surface area contributed by atoms with E-state index in [0.717, 1.165) is 5.56 Å². The van der Waals surface area contributed by atoms with E-state index >= 15 is 0 Å². The summed E-state index contributed by atoms with van der Waals surface area (Å²) < 4.78 is 5.08. The largest absolute Gasteiger partial charge is 0.481 e. The van der Waals surface area contributed by atoms with Crippen LogP contribution in [-0.2, 0) is 10.2 Å². The molecule has 2 N–H and O–H groups in total. The molecule has 108 valence electrons. The zero-order valence-corrected chi connectivity index (χ0v) is 11.3. The Hall–Kier alpha value is -2.63. The van der Waals surface area contributed by atoms with E-state index < -0.39 is 17.4 Å². The number of aliphatic carboxylic acids is 1. The lowest BCUT2D eigenvalue weighted by molar-refractivity contribution is -0.140. The Bertz CT molecular complexity index is 725. The van der Waals surface area contributed by atoms with Gasteiger partial charge in [0, 0.05) is 5.56 Å². The van der Waals surface area contributed by atoms with E-state index in [9.17, 15) is 19.8 Å². The van der Waals surface area contributed by atoms with Crippen LogP contribution in [0.1, 0.15) is 34.5 Å². The van der Waals surface area contributed by atoms with Crippen molar-refractivity contribution >= 4 is 11.9 Å². The zero-order valence-electron chi connectivity index (χ0n) is 11.3. The van der Waals surface area contributed by atoms with Crippen LogP contribution in [0, 0.1) is 6.92 Å². The molecule has 6 heteroatoms. The van der Waals surface area contributed by atoms with Crippen molar-refractivity contribution in [2.45, 2.75) is 25.2 Å². The maximum atomic E-state index is 11.3. The third-order valence-electron chi connectivity index (χ3n) is 3.94. The van der Waals surface area contributed by atoms with Crippen LogP contribution in [0.3, 0.4) is 0 Å². The van der Waals surface area contributed by atoms with Gasteiger partial charge in [-0.15, -0.1) is 0 Å². The number of aromatic nitrogens is 1. The van der Waals surface area contributed by atoms with Crippen molar-refractivity contribution in [2.24, 2.45) is 0 Å². The van der Waals surface area contributed by atoms with Gasteiger partial charge in [0.25, 0.3) is 0 Å². The number of rotatable bonds is 4. The van der Waals surface area contributed by atoms with Crippen molar-refractivity contribution in [3.63, 3.8) is 0 Å². The first-order valence-electron chi connectivity index (χ1n) is 6.49. The molecule has 1 aliphatic rings. The number of aromatic carboxylic acids is 1. The van der Waals surface area contributed by atoms with Gasteiger partial charge in [0.1, 0.15) is 5.56 Å². The Morgan fingerprint density at radius 3 is 2.29 bits per heavy atom. The molecule has 21 heavy (non-hydrogen) atoms. The normalized spacial score (nSPS) is 15.7. The highest BCUT2D eigenvalue weighted by Gasteiger charge is 2.51. The Labute approximate surface area is 120 Å². The van der Waals surface area contributed by atoms with Gasteiger partial charge in [-0.2, -0.15) is 0 Å². The molecule has 1 heterocycles. The molecule has 0 radical (unpaired) electrons. The third-order valence-corrected chi connectivity index (χ3v) is 3.94. The fourth-order valence-electron chi connectivity index (χ4n) is 2.51. The first-order valence-corrected chi connectivity index (χ1v) is 6.49. The summed E-state index contributed by atoms with van der Waals surface area (Å²) in [7, 11) is 0. The van der Waals surface area contributed by atoms with Crippen LogP contribution in [0.2, 0.25) is 0 Å². The highest BCUT2D eigenvalue weighted by molar-refractivity contribution is 5.95. The molecule has 0 atom stereocenters. The predicted molar refractivity (Wildman–Crippen MR) is 72.2 cm³/mol. The van der Waals surface area contributed by atoms with Crippen molar-refractivity contribution in [2.75, 3.05) is 0 Å². The number of hydrogen-bond acceptors (Lipinski definition) is 4. The summed E-state index contributed by atoms with van der Waals surface area (Å²) in [6, 6.07) is 6.76. The standard InChI is InChI=1S/C15H13NO5/c1-8-11(13(17)18)12(21-16-8)9-2-4-10(5-3-9)15(6-7-15)14(19)20/h2-5H,6-7H2,1H3,(H,17,18)(H,19,20). The Balaban J connectivity index is 1.99. The first kappa shape index (κ1) is 13.4. The monoisotopic (exact) mass is 287 g/mol. The lowest BCUT2D eigenvalue weighted by Crippen LogP contribution is -2.19. The summed E-state index contributed by atoms with van der Waals surface area (Å²) in [5.74, 6) is -1.74. The highest BCUT2D eigenvalue weighted by Crippen LogP contribution is 2.48. The number of carboxylic acid groups (broad SMARTS) is 2. The molecule has 1 aromatic heterocycles. The second-order valence-electron chi connectivity index (χ2n) is 5.24. The number of nitrogens with zero attached hydrogens (tertiary/aromatic N) is 1. The van der Waals surface area contributed by atoms with E-state index in [0.29, 0.717) is 24.1 Å². The van der Waals surface area contributed by atoms with Gasteiger partial charge in [0.15, 0.2) is 5.76 Å². The molecular weight excluding hydrogens is 274 g/mol. The summed E-state index contributed by atoms with van der Waals surface area (Å²) in [5.41, 5.74) is 0.864. The maximum Gasteiger partial charge on any atom is 0.341 e. The van der Waals surface area contributed by atoms with E-state index in [4.69, 9.17) is 4.52 Å². The van der Waals surface area contributed by atoms with Gasteiger partial charge in [-0.3, -0.25) is 4.79 Å². The lowest BCUT2D eigenvalue weighted by atomic mass is 9.94. The van der Waals surface area contributed by atoms with Crippen LogP contribution >= 0.6 is 0 Å². The molecule has 0 bridgehead atoms. The van der Waals surface area contributed by atoms with Crippen LogP contribution < -0.4 is 0 Å². The minimum absolute atomic E-state index is 0.0297. The average Bonchev–Trinajstić information content (AvgIpc) is 3.17. The van der Waals surface area contributed by atoms with Gasteiger partial charge >= 0.3 is 11.9 Å². The molecule has 0 saturated heterocycles. The lowest BCUT2D eigenvalue weighted by Gasteiger charge is -2.10. The maximum absolute atomic E-state index is 11.3. The summed E-state index contributed by atoms with van der Waals surface area (Å²) in [6.07, 6.45) is 1.26. The van der Waals surface area contributed by atoms with Crippen molar-refractivity contribution in [3.8, 4) is 11.3 Å². The third kappa shape index (κ3) is 1.99. The van der Waals surface area contributed by atoms with Crippen LogP contribution in [0.5, 0.6) is 0 Å². The van der Waals surface area contributed by atoms with Crippen LogP contribution in [0.15, 0.2) is 28.8 Å². The molecule has 2 aromatic rings. The average molecular weight is 287 g/mol. The SMILES string of the molecule is Cc1noc(-c2ccc(C3(C(=O)O)CC3)cc2)c1C(=O)O.